The maximum Gasteiger partial charge on any atom is 0.416 e. The SMILES string of the molecule is Cc1ccc(NCc2nnc(SCC(=O)Nc3cccc(C(F)(F)F)c3)n2C)cc1. The lowest BCUT2D eigenvalue weighted by atomic mass is 10.2. The number of thioether (sulfide) groups is 1. The van der Waals surface area contributed by atoms with Gasteiger partial charge in [0.1, 0.15) is 0 Å². The topological polar surface area (TPSA) is 71.8 Å². The Morgan fingerprint density at radius 3 is 2.53 bits per heavy atom. The minimum absolute atomic E-state index is 0.00634. The monoisotopic (exact) mass is 435 g/mol. The highest BCUT2D eigenvalue weighted by molar-refractivity contribution is 7.99. The molecule has 10 heteroatoms. The predicted molar refractivity (Wildman–Crippen MR) is 110 cm³/mol. The highest BCUT2D eigenvalue weighted by atomic mass is 32.2. The third kappa shape index (κ3) is 5.76. The van der Waals surface area contributed by atoms with E-state index in [9.17, 15) is 18.0 Å². The summed E-state index contributed by atoms with van der Waals surface area (Å²) in [5.41, 5.74) is 1.41. The Labute approximate surface area is 175 Å². The molecule has 0 unspecified atom stereocenters. The van der Waals surface area contributed by atoms with E-state index in [0.29, 0.717) is 17.5 Å². The van der Waals surface area contributed by atoms with Gasteiger partial charge in [-0.1, -0.05) is 35.5 Å². The van der Waals surface area contributed by atoms with Gasteiger partial charge in [0.2, 0.25) is 5.91 Å². The molecule has 158 valence electrons. The maximum absolute atomic E-state index is 12.8. The quantitative estimate of drug-likeness (QED) is 0.535. The summed E-state index contributed by atoms with van der Waals surface area (Å²) in [6, 6.07) is 12.5. The first-order valence-corrected chi connectivity index (χ1v) is 9.99. The molecule has 0 spiro atoms. The highest BCUT2D eigenvalue weighted by Crippen LogP contribution is 2.30. The number of benzene rings is 2. The van der Waals surface area contributed by atoms with Gasteiger partial charge in [-0.25, -0.2) is 0 Å². The smallest absolute Gasteiger partial charge is 0.378 e. The van der Waals surface area contributed by atoms with Gasteiger partial charge in [-0.2, -0.15) is 13.2 Å². The normalized spacial score (nSPS) is 11.4. The molecule has 30 heavy (non-hydrogen) atoms. The van der Waals surface area contributed by atoms with E-state index in [1.165, 1.54) is 17.7 Å². The van der Waals surface area contributed by atoms with Gasteiger partial charge in [-0.15, -0.1) is 10.2 Å². The number of anilines is 2. The first kappa shape index (κ1) is 21.7. The zero-order valence-corrected chi connectivity index (χ0v) is 17.1. The van der Waals surface area contributed by atoms with Gasteiger partial charge in [0.15, 0.2) is 11.0 Å². The molecule has 0 aliphatic carbocycles. The van der Waals surface area contributed by atoms with Crippen molar-refractivity contribution in [2.45, 2.75) is 24.8 Å². The van der Waals surface area contributed by atoms with Crippen molar-refractivity contribution in [1.82, 2.24) is 14.8 Å². The van der Waals surface area contributed by atoms with E-state index in [1.807, 2.05) is 31.2 Å². The van der Waals surface area contributed by atoms with Crippen molar-refractivity contribution < 1.29 is 18.0 Å². The summed E-state index contributed by atoms with van der Waals surface area (Å²) in [5, 5.41) is 14.5. The molecular weight excluding hydrogens is 415 g/mol. The van der Waals surface area contributed by atoms with Gasteiger partial charge in [0.25, 0.3) is 0 Å². The first-order chi connectivity index (χ1) is 14.2. The number of aromatic nitrogens is 3. The Bertz CT molecular complexity index is 1020. The Kier molecular flexibility index (Phi) is 6.66. The van der Waals surface area contributed by atoms with Crippen molar-refractivity contribution in [2.75, 3.05) is 16.4 Å². The largest absolute Gasteiger partial charge is 0.416 e. The predicted octanol–water partition coefficient (Wildman–Crippen LogP) is 4.49. The summed E-state index contributed by atoms with van der Waals surface area (Å²) in [7, 11) is 1.79. The minimum atomic E-state index is -4.46. The lowest BCUT2D eigenvalue weighted by molar-refractivity contribution is -0.137. The van der Waals surface area contributed by atoms with Crippen molar-refractivity contribution in [3.05, 3.63) is 65.5 Å². The van der Waals surface area contributed by atoms with E-state index in [2.05, 4.69) is 20.8 Å². The number of aryl methyl sites for hydroxylation is 1. The van der Waals surface area contributed by atoms with Crippen molar-refractivity contribution in [2.24, 2.45) is 7.05 Å². The number of halogens is 3. The molecule has 1 heterocycles. The molecule has 3 aromatic rings. The van der Waals surface area contributed by atoms with Crippen LogP contribution in [0.4, 0.5) is 24.5 Å². The third-order valence-electron chi connectivity index (χ3n) is 4.23. The third-order valence-corrected chi connectivity index (χ3v) is 5.25. The van der Waals surface area contributed by atoms with Crippen LogP contribution in [0.2, 0.25) is 0 Å². The van der Waals surface area contributed by atoms with Gasteiger partial charge in [0.05, 0.1) is 17.9 Å². The summed E-state index contributed by atoms with van der Waals surface area (Å²) < 4.78 is 40.1. The van der Waals surface area contributed by atoms with Crippen LogP contribution < -0.4 is 10.6 Å². The van der Waals surface area contributed by atoms with E-state index in [1.54, 1.807) is 11.6 Å². The standard InChI is InChI=1S/C20H20F3N5OS/c1-13-6-8-15(9-7-13)24-11-17-26-27-19(28(17)2)30-12-18(29)25-16-5-3-4-14(10-16)20(21,22)23/h3-10,24H,11-12H2,1-2H3,(H,25,29). The van der Waals surface area contributed by atoms with Crippen molar-refractivity contribution in [3.8, 4) is 0 Å². The molecular formula is C20H20F3N5OS. The average molecular weight is 435 g/mol. The van der Waals surface area contributed by atoms with Gasteiger partial charge >= 0.3 is 6.18 Å². The second-order valence-electron chi connectivity index (χ2n) is 6.59. The number of hydrogen-bond acceptors (Lipinski definition) is 5. The number of nitrogens with zero attached hydrogens (tertiary/aromatic N) is 3. The fourth-order valence-electron chi connectivity index (χ4n) is 2.58. The van der Waals surface area contributed by atoms with Gasteiger partial charge in [-0.3, -0.25) is 4.79 Å². The number of alkyl halides is 3. The summed E-state index contributed by atoms with van der Waals surface area (Å²) >= 11 is 1.16. The molecule has 0 fully saturated rings. The Balaban J connectivity index is 1.53. The van der Waals surface area contributed by atoms with E-state index in [-0.39, 0.29) is 11.4 Å². The Hall–Kier alpha value is -3.01. The molecule has 2 aromatic carbocycles. The zero-order chi connectivity index (χ0) is 21.7. The van der Waals surface area contributed by atoms with Crippen LogP contribution in [0.15, 0.2) is 53.7 Å². The zero-order valence-electron chi connectivity index (χ0n) is 16.3. The molecule has 0 saturated heterocycles. The van der Waals surface area contributed by atoms with Gasteiger partial charge in [-0.05, 0) is 37.3 Å². The fraction of sp³-hybridized carbons (Fsp3) is 0.250. The van der Waals surface area contributed by atoms with Crippen LogP contribution in [0.3, 0.4) is 0 Å². The first-order valence-electron chi connectivity index (χ1n) is 9.01. The molecule has 6 nitrogen and oxygen atoms in total. The van der Waals surface area contributed by atoms with Crippen LogP contribution in [-0.4, -0.2) is 26.4 Å². The molecule has 0 bridgehead atoms. The molecule has 0 radical (unpaired) electrons. The number of carbonyl (C=O) groups is 1. The van der Waals surface area contributed by atoms with Gasteiger partial charge in [0, 0.05) is 18.4 Å². The summed E-state index contributed by atoms with van der Waals surface area (Å²) in [6.07, 6.45) is -4.46. The van der Waals surface area contributed by atoms with Crippen molar-refractivity contribution >= 4 is 29.0 Å². The van der Waals surface area contributed by atoms with Crippen LogP contribution in [0.5, 0.6) is 0 Å². The molecule has 3 rings (SSSR count). The average Bonchev–Trinajstić information content (AvgIpc) is 3.05. The molecule has 2 N–H and O–H groups in total. The molecule has 1 aromatic heterocycles. The lowest BCUT2D eigenvalue weighted by Gasteiger charge is -2.10. The van der Waals surface area contributed by atoms with Crippen LogP contribution >= 0.6 is 11.8 Å². The number of amides is 1. The van der Waals surface area contributed by atoms with Crippen molar-refractivity contribution in [3.63, 3.8) is 0 Å². The summed E-state index contributed by atoms with van der Waals surface area (Å²) in [6.45, 7) is 2.47. The number of nitrogens with one attached hydrogen (secondary N) is 2. The van der Waals surface area contributed by atoms with E-state index < -0.39 is 17.6 Å². The molecule has 1 amide bonds. The van der Waals surface area contributed by atoms with E-state index in [0.717, 1.165) is 29.6 Å². The van der Waals surface area contributed by atoms with E-state index >= 15 is 0 Å². The highest BCUT2D eigenvalue weighted by Gasteiger charge is 2.30. The lowest BCUT2D eigenvalue weighted by Crippen LogP contribution is -2.15. The molecule has 0 atom stereocenters. The van der Waals surface area contributed by atoms with Crippen LogP contribution in [-0.2, 0) is 24.6 Å². The van der Waals surface area contributed by atoms with E-state index in [4.69, 9.17) is 0 Å². The van der Waals surface area contributed by atoms with Gasteiger partial charge < -0.3 is 15.2 Å². The minimum Gasteiger partial charge on any atom is -0.378 e. The van der Waals surface area contributed by atoms with Crippen LogP contribution in [0.1, 0.15) is 17.0 Å². The second-order valence-corrected chi connectivity index (χ2v) is 7.54. The number of rotatable bonds is 7. The number of carbonyl (C=O) groups excluding carboxylic acids is 1. The summed E-state index contributed by atoms with van der Waals surface area (Å²) in [5.74, 6) is 0.256. The Morgan fingerprint density at radius 2 is 1.83 bits per heavy atom. The van der Waals surface area contributed by atoms with Crippen LogP contribution in [0, 0.1) is 6.92 Å². The Morgan fingerprint density at radius 1 is 1.10 bits per heavy atom. The number of hydrogen-bond donors (Lipinski definition) is 2. The maximum atomic E-state index is 12.8. The fourth-order valence-corrected chi connectivity index (χ4v) is 3.31. The molecule has 0 aliphatic heterocycles. The van der Waals surface area contributed by atoms with Crippen molar-refractivity contribution in [1.29, 1.82) is 0 Å². The summed E-state index contributed by atoms with van der Waals surface area (Å²) in [4.78, 5) is 12.1. The van der Waals surface area contributed by atoms with Crippen LogP contribution in [0.25, 0.3) is 0 Å². The second kappa shape index (κ2) is 9.21. The molecule has 0 saturated carbocycles. The molecule has 0 aliphatic rings.